The molecular weight excluding hydrogens is 372 g/mol. The van der Waals surface area contributed by atoms with E-state index in [0.29, 0.717) is 36.7 Å². The summed E-state index contributed by atoms with van der Waals surface area (Å²) in [7, 11) is 0. The van der Waals surface area contributed by atoms with Crippen LogP contribution in [0.25, 0.3) is 0 Å². The second-order valence-electron chi connectivity index (χ2n) is 5.55. The molecule has 0 radical (unpaired) electrons. The van der Waals surface area contributed by atoms with Gasteiger partial charge in [0.05, 0.1) is 4.47 Å². The van der Waals surface area contributed by atoms with Crippen LogP contribution in [0.2, 0.25) is 0 Å². The molecule has 0 spiro atoms. The zero-order chi connectivity index (χ0) is 16.9. The summed E-state index contributed by atoms with van der Waals surface area (Å²) >= 11 is 3.44. The molecule has 1 aliphatic rings. The largest absolute Gasteiger partial charge is 0.454 e. The van der Waals surface area contributed by atoms with Gasteiger partial charge >= 0.3 is 0 Å². The third kappa shape index (κ3) is 3.71. The van der Waals surface area contributed by atoms with Gasteiger partial charge in [-0.15, -0.1) is 0 Å². The molecule has 2 aromatic rings. The topological polar surface area (TPSA) is 64.8 Å². The third-order valence-corrected chi connectivity index (χ3v) is 4.40. The highest BCUT2D eigenvalue weighted by Crippen LogP contribution is 2.40. The Morgan fingerprint density at radius 2 is 2.00 bits per heavy atom. The van der Waals surface area contributed by atoms with Crippen molar-refractivity contribution in [3.63, 3.8) is 0 Å². The minimum absolute atomic E-state index is 0.0497. The number of fused-ring (bicyclic) bond motifs is 1. The first-order valence-corrected chi connectivity index (χ1v) is 8.60. The minimum atomic E-state index is -0.0497. The third-order valence-electron chi connectivity index (χ3n) is 3.81. The van der Waals surface area contributed by atoms with Gasteiger partial charge in [0.15, 0.2) is 11.5 Å². The fourth-order valence-electron chi connectivity index (χ4n) is 2.61. The number of nitrogens with two attached hydrogens (primary N) is 1. The van der Waals surface area contributed by atoms with Crippen molar-refractivity contribution in [3.8, 4) is 11.5 Å². The van der Waals surface area contributed by atoms with Crippen LogP contribution >= 0.6 is 15.9 Å². The lowest BCUT2D eigenvalue weighted by Gasteiger charge is -2.23. The van der Waals surface area contributed by atoms with Crippen molar-refractivity contribution in [2.24, 2.45) is 5.73 Å². The molecule has 2 aromatic carbocycles. The van der Waals surface area contributed by atoms with Crippen LogP contribution in [-0.4, -0.2) is 30.7 Å². The van der Waals surface area contributed by atoms with Gasteiger partial charge < -0.3 is 20.1 Å². The summed E-state index contributed by atoms with van der Waals surface area (Å²) in [6.45, 7) is 1.87. The molecule has 0 bridgehead atoms. The normalized spacial score (nSPS) is 12.2. The van der Waals surface area contributed by atoms with E-state index < -0.39 is 0 Å². The van der Waals surface area contributed by atoms with E-state index in [1.807, 2.05) is 35.2 Å². The Balaban J connectivity index is 1.84. The van der Waals surface area contributed by atoms with Gasteiger partial charge in [-0.3, -0.25) is 4.79 Å². The van der Waals surface area contributed by atoms with Gasteiger partial charge in [0.1, 0.15) is 0 Å². The predicted octanol–water partition coefficient (Wildman–Crippen LogP) is 3.17. The van der Waals surface area contributed by atoms with Crippen molar-refractivity contribution < 1.29 is 14.3 Å². The lowest BCUT2D eigenvalue weighted by atomic mass is 10.1. The molecule has 0 saturated carbocycles. The van der Waals surface area contributed by atoms with Gasteiger partial charge in [0.2, 0.25) is 6.79 Å². The van der Waals surface area contributed by atoms with E-state index in [1.165, 1.54) is 0 Å². The summed E-state index contributed by atoms with van der Waals surface area (Å²) < 4.78 is 11.5. The Kier molecular flexibility index (Phi) is 5.37. The second kappa shape index (κ2) is 7.68. The number of nitrogens with zero attached hydrogens (tertiary/aromatic N) is 1. The molecule has 0 atom stereocenters. The van der Waals surface area contributed by atoms with Crippen LogP contribution in [0.3, 0.4) is 0 Å². The Labute approximate surface area is 149 Å². The van der Waals surface area contributed by atoms with Gasteiger partial charge in [0, 0.05) is 18.7 Å². The molecule has 0 aromatic heterocycles. The molecule has 126 valence electrons. The first-order chi connectivity index (χ1) is 11.7. The summed E-state index contributed by atoms with van der Waals surface area (Å²) in [5, 5.41) is 0. The van der Waals surface area contributed by atoms with E-state index in [-0.39, 0.29) is 12.7 Å². The molecule has 1 heterocycles. The summed E-state index contributed by atoms with van der Waals surface area (Å²) in [6.07, 6.45) is 0.754. The van der Waals surface area contributed by atoms with Gasteiger partial charge in [-0.25, -0.2) is 0 Å². The summed E-state index contributed by atoms with van der Waals surface area (Å²) in [4.78, 5) is 14.8. The van der Waals surface area contributed by atoms with Crippen molar-refractivity contribution in [1.82, 2.24) is 4.90 Å². The number of benzene rings is 2. The number of halogens is 1. The van der Waals surface area contributed by atoms with E-state index in [0.717, 1.165) is 16.5 Å². The van der Waals surface area contributed by atoms with E-state index >= 15 is 0 Å². The Morgan fingerprint density at radius 3 is 2.75 bits per heavy atom. The van der Waals surface area contributed by atoms with Gasteiger partial charge in [-0.05, 0) is 46.6 Å². The molecule has 0 unspecified atom stereocenters. The van der Waals surface area contributed by atoms with Crippen LogP contribution < -0.4 is 15.2 Å². The van der Waals surface area contributed by atoms with Gasteiger partial charge in [-0.2, -0.15) is 0 Å². The van der Waals surface area contributed by atoms with E-state index in [2.05, 4.69) is 15.9 Å². The van der Waals surface area contributed by atoms with Crippen molar-refractivity contribution in [3.05, 3.63) is 58.1 Å². The zero-order valence-electron chi connectivity index (χ0n) is 13.2. The molecule has 5 nitrogen and oxygen atoms in total. The maximum absolute atomic E-state index is 13.0. The van der Waals surface area contributed by atoms with Crippen LogP contribution in [0.1, 0.15) is 22.3 Å². The molecule has 0 saturated heterocycles. The molecule has 0 aliphatic carbocycles. The standard InChI is InChI=1S/C18H19BrN2O3/c19-15-9-14(10-16-17(15)24-12-23-16)18(22)21(8-4-7-20)11-13-5-2-1-3-6-13/h1-3,5-6,9-10H,4,7-8,11-12,20H2. The van der Waals surface area contributed by atoms with Crippen molar-refractivity contribution >= 4 is 21.8 Å². The number of ether oxygens (including phenoxy) is 2. The first kappa shape index (κ1) is 16.8. The number of carbonyl (C=O) groups excluding carboxylic acids is 1. The molecule has 24 heavy (non-hydrogen) atoms. The molecule has 3 rings (SSSR count). The van der Waals surface area contributed by atoms with Crippen LogP contribution in [-0.2, 0) is 6.54 Å². The lowest BCUT2D eigenvalue weighted by molar-refractivity contribution is 0.0741. The number of carbonyl (C=O) groups is 1. The van der Waals surface area contributed by atoms with Crippen LogP contribution in [0.4, 0.5) is 0 Å². The highest BCUT2D eigenvalue weighted by Gasteiger charge is 2.23. The summed E-state index contributed by atoms with van der Waals surface area (Å²) in [6, 6.07) is 13.4. The molecular formula is C18H19BrN2O3. The van der Waals surface area contributed by atoms with Crippen molar-refractivity contribution in [2.75, 3.05) is 19.9 Å². The number of rotatable bonds is 6. The molecule has 0 fully saturated rings. The number of hydrogen-bond donors (Lipinski definition) is 1. The van der Waals surface area contributed by atoms with Crippen LogP contribution in [0.15, 0.2) is 46.9 Å². The monoisotopic (exact) mass is 390 g/mol. The van der Waals surface area contributed by atoms with Crippen LogP contribution in [0.5, 0.6) is 11.5 Å². The first-order valence-electron chi connectivity index (χ1n) is 7.81. The number of hydrogen-bond acceptors (Lipinski definition) is 4. The maximum Gasteiger partial charge on any atom is 0.254 e. The lowest BCUT2D eigenvalue weighted by Crippen LogP contribution is -2.32. The van der Waals surface area contributed by atoms with Gasteiger partial charge in [0.25, 0.3) is 5.91 Å². The van der Waals surface area contributed by atoms with E-state index in [1.54, 1.807) is 12.1 Å². The summed E-state index contributed by atoms with van der Waals surface area (Å²) in [5.74, 6) is 1.18. The van der Waals surface area contributed by atoms with Crippen molar-refractivity contribution in [1.29, 1.82) is 0 Å². The second-order valence-corrected chi connectivity index (χ2v) is 6.40. The predicted molar refractivity (Wildman–Crippen MR) is 95.1 cm³/mol. The fourth-order valence-corrected chi connectivity index (χ4v) is 3.17. The zero-order valence-corrected chi connectivity index (χ0v) is 14.8. The fraction of sp³-hybridized carbons (Fsp3) is 0.278. The summed E-state index contributed by atoms with van der Waals surface area (Å²) in [5.41, 5.74) is 7.28. The molecule has 6 heteroatoms. The average molecular weight is 391 g/mol. The van der Waals surface area contributed by atoms with Crippen molar-refractivity contribution in [2.45, 2.75) is 13.0 Å². The Bertz CT molecular complexity index is 722. The molecule has 1 amide bonds. The van der Waals surface area contributed by atoms with Crippen LogP contribution in [0, 0.1) is 0 Å². The Hall–Kier alpha value is -2.05. The quantitative estimate of drug-likeness (QED) is 0.822. The smallest absolute Gasteiger partial charge is 0.254 e. The highest BCUT2D eigenvalue weighted by molar-refractivity contribution is 9.10. The van der Waals surface area contributed by atoms with Gasteiger partial charge in [-0.1, -0.05) is 30.3 Å². The van der Waals surface area contributed by atoms with E-state index in [4.69, 9.17) is 15.2 Å². The van der Waals surface area contributed by atoms with E-state index in [9.17, 15) is 4.79 Å². The maximum atomic E-state index is 13.0. The SMILES string of the molecule is NCCCN(Cc1ccccc1)C(=O)c1cc(Br)c2c(c1)OCO2. The minimum Gasteiger partial charge on any atom is -0.454 e. The average Bonchev–Trinajstić information content (AvgIpc) is 3.08. The Morgan fingerprint density at radius 1 is 1.21 bits per heavy atom. The number of amides is 1. The molecule has 2 N–H and O–H groups in total. The highest BCUT2D eigenvalue weighted by atomic mass is 79.9. The molecule has 1 aliphatic heterocycles.